The summed E-state index contributed by atoms with van der Waals surface area (Å²) < 4.78 is 2.59. The van der Waals surface area contributed by atoms with Crippen molar-refractivity contribution in [3.05, 3.63) is 93.7 Å². The molecule has 0 saturated heterocycles. The minimum atomic E-state index is -0.381. The van der Waals surface area contributed by atoms with Gasteiger partial charge in [-0.25, -0.2) is 9.67 Å². The molecule has 5 nitrogen and oxygen atoms in total. The Hall–Kier alpha value is -2.96. The minimum Gasteiger partial charge on any atom is -0.319 e. The molecular weight excluding hydrogens is 452 g/mol. The molecule has 0 fully saturated rings. The Kier molecular flexibility index (Phi) is 5.47. The minimum absolute atomic E-state index is 0.0828. The number of halogens is 2. The van der Waals surface area contributed by atoms with Crippen molar-refractivity contribution >= 4 is 39.1 Å². The van der Waals surface area contributed by atoms with E-state index >= 15 is 0 Å². The van der Waals surface area contributed by atoms with Crippen molar-refractivity contribution in [2.75, 3.05) is 5.32 Å². The van der Waals surface area contributed by atoms with Crippen LogP contribution in [-0.2, 0) is 0 Å². The summed E-state index contributed by atoms with van der Waals surface area (Å²) in [6.07, 6.45) is 0. The van der Waals surface area contributed by atoms with Gasteiger partial charge in [0.25, 0.3) is 5.91 Å². The predicted octanol–water partition coefficient (Wildman–Crippen LogP) is 5.91. The third-order valence-corrected chi connectivity index (χ3v) is 5.04. The average molecular weight is 468 g/mol. The Labute approximate surface area is 181 Å². The second-order valence-electron chi connectivity index (χ2n) is 6.48. The third kappa shape index (κ3) is 4.39. The second-order valence-corrected chi connectivity index (χ2v) is 7.83. The number of nitrogens with zero attached hydrogens (tertiary/aromatic N) is 3. The molecule has 0 bridgehead atoms. The Morgan fingerprint density at radius 1 is 1.03 bits per heavy atom. The van der Waals surface area contributed by atoms with Crippen LogP contribution in [-0.4, -0.2) is 20.7 Å². The molecule has 0 aliphatic heterocycles. The van der Waals surface area contributed by atoms with Crippen LogP contribution < -0.4 is 5.32 Å². The van der Waals surface area contributed by atoms with E-state index in [-0.39, 0.29) is 11.7 Å². The molecule has 3 aromatic carbocycles. The van der Waals surface area contributed by atoms with Gasteiger partial charge in [0.1, 0.15) is 0 Å². The molecule has 0 spiro atoms. The van der Waals surface area contributed by atoms with Crippen LogP contribution in [0.4, 0.5) is 5.69 Å². The lowest BCUT2D eigenvalue weighted by Gasteiger charge is -2.06. The summed E-state index contributed by atoms with van der Waals surface area (Å²) in [7, 11) is 0. The van der Waals surface area contributed by atoms with E-state index in [1.807, 2.05) is 55.5 Å². The largest absolute Gasteiger partial charge is 0.319 e. The normalized spacial score (nSPS) is 10.7. The van der Waals surface area contributed by atoms with Gasteiger partial charge in [0.15, 0.2) is 5.82 Å². The van der Waals surface area contributed by atoms with Crippen LogP contribution in [0, 0.1) is 6.92 Å². The molecule has 0 unspecified atom stereocenters. The van der Waals surface area contributed by atoms with Gasteiger partial charge >= 0.3 is 0 Å². The summed E-state index contributed by atoms with van der Waals surface area (Å²) in [6.45, 7) is 2.01. The fraction of sp³-hybridized carbons (Fsp3) is 0.0455. The molecule has 7 heteroatoms. The zero-order valence-corrected chi connectivity index (χ0v) is 17.8. The highest BCUT2D eigenvalue weighted by atomic mass is 79.9. The summed E-state index contributed by atoms with van der Waals surface area (Å²) >= 11 is 9.40. The molecule has 1 amide bonds. The summed E-state index contributed by atoms with van der Waals surface area (Å²) in [5, 5.41) is 7.93. The van der Waals surface area contributed by atoms with Gasteiger partial charge in [-0.15, -0.1) is 5.10 Å². The number of hydrogen-bond acceptors (Lipinski definition) is 3. The van der Waals surface area contributed by atoms with Crippen molar-refractivity contribution in [2.24, 2.45) is 0 Å². The Balaban J connectivity index is 1.75. The van der Waals surface area contributed by atoms with Crippen LogP contribution in [0.25, 0.3) is 17.1 Å². The first-order valence-corrected chi connectivity index (χ1v) is 10.0. The zero-order chi connectivity index (χ0) is 20.4. The van der Waals surface area contributed by atoms with Gasteiger partial charge in [-0.1, -0.05) is 51.3 Å². The first-order valence-electron chi connectivity index (χ1n) is 8.86. The fourth-order valence-electron chi connectivity index (χ4n) is 2.86. The highest BCUT2D eigenvalue weighted by molar-refractivity contribution is 9.10. The number of carbonyl (C=O) groups excluding carboxylic acids is 1. The van der Waals surface area contributed by atoms with Crippen molar-refractivity contribution in [3.63, 3.8) is 0 Å². The maximum atomic E-state index is 12.8. The van der Waals surface area contributed by atoms with E-state index in [9.17, 15) is 4.79 Å². The lowest BCUT2D eigenvalue weighted by atomic mass is 10.1. The molecule has 4 aromatic rings. The van der Waals surface area contributed by atoms with E-state index in [0.717, 1.165) is 21.3 Å². The van der Waals surface area contributed by atoms with E-state index in [2.05, 4.69) is 31.3 Å². The van der Waals surface area contributed by atoms with Crippen molar-refractivity contribution in [1.29, 1.82) is 0 Å². The lowest BCUT2D eigenvalue weighted by molar-refractivity contribution is 0.101. The number of anilines is 1. The first kappa shape index (κ1) is 19.4. The maximum Gasteiger partial charge on any atom is 0.295 e. The molecule has 0 aliphatic carbocycles. The van der Waals surface area contributed by atoms with E-state index in [4.69, 9.17) is 11.6 Å². The van der Waals surface area contributed by atoms with Gasteiger partial charge in [-0.3, -0.25) is 4.79 Å². The number of aryl methyl sites for hydroxylation is 1. The van der Waals surface area contributed by atoms with Gasteiger partial charge in [0.2, 0.25) is 5.82 Å². The number of nitrogens with one attached hydrogen (secondary N) is 1. The highest BCUT2D eigenvalue weighted by Crippen LogP contribution is 2.24. The topological polar surface area (TPSA) is 59.8 Å². The predicted molar refractivity (Wildman–Crippen MR) is 119 cm³/mol. The third-order valence-electron chi connectivity index (χ3n) is 4.26. The standard InChI is InChI=1S/C22H16BrClN4O/c1-14-3-2-4-15(13-14)21-26-20(22(29)25-18-9-5-16(23)6-10-18)27-28(21)19-11-7-17(24)8-12-19/h2-13H,1H3,(H,25,29). The van der Waals surface area contributed by atoms with Gasteiger partial charge in [-0.2, -0.15) is 0 Å². The number of benzene rings is 3. The van der Waals surface area contributed by atoms with E-state index in [0.29, 0.717) is 16.5 Å². The quantitative estimate of drug-likeness (QED) is 0.406. The molecule has 144 valence electrons. The maximum absolute atomic E-state index is 12.8. The van der Waals surface area contributed by atoms with Crippen LogP contribution >= 0.6 is 27.5 Å². The SMILES string of the molecule is Cc1cccc(-c2nc(C(=O)Nc3ccc(Br)cc3)nn2-c2ccc(Cl)cc2)c1. The van der Waals surface area contributed by atoms with E-state index in [1.165, 1.54) is 0 Å². The van der Waals surface area contributed by atoms with Crippen LogP contribution in [0.5, 0.6) is 0 Å². The van der Waals surface area contributed by atoms with E-state index < -0.39 is 0 Å². The molecule has 0 aliphatic rings. The molecule has 4 rings (SSSR count). The number of hydrogen-bond donors (Lipinski definition) is 1. The summed E-state index contributed by atoms with van der Waals surface area (Å²) in [5.41, 5.74) is 3.39. The van der Waals surface area contributed by atoms with Gasteiger partial charge in [0.05, 0.1) is 5.69 Å². The Bertz CT molecular complexity index is 1170. The van der Waals surface area contributed by atoms with Gasteiger partial charge in [-0.05, 0) is 61.5 Å². The number of carbonyl (C=O) groups is 1. The molecule has 1 N–H and O–H groups in total. The summed E-state index contributed by atoms with van der Waals surface area (Å²) in [6, 6.07) is 22.5. The number of rotatable bonds is 4. The molecular formula is C22H16BrClN4O. The number of aromatic nitrogens is 3. The molecule has 29 heavy (non-hydrogen) atoms. The molecule has 0 atom stereocenters. The summed E-state index contributed by atoms with van der Waals surface area (Å²) in [4.78, 5) is 17.3. The fourth-order valence-corrected chi connectivity index (χ4v) is 3.25. The van der Waals surface area contributed by atoms with Gasteiger partial charge in [0, 0.05) is 20.7 Å². The summed E-state index contributed by atoms with van der Waals surface area (Å²) in [5.74, 6) is 0.283. The Morgan fingerprint density at radius 3 is 2.45 bits per heavy atom. The zero-order valence-electron chi connectivity index (χ0n) is 15.4. The van der Waals surface area contributed by atoms with Crippen molar-refractivity contribution < 1.29 is 4.79 Å². The van der Waals surface area contributed by atoms with Crippen LogP contribution in [0.1, 0.15) is 16.2 Å². The monoisotopic (exact) mass is 466 g/mol. The first-order chi connectivity index (χ1) is 14.0. The Morgan fingerprint density at radius 2 is 1.76 bits per heavy atom. The second kappa shape index (κ2) is 8.19. The average Bonchev–Trinajstić information content (AvgIpc) is 3.16. The van der Waals surface area contributed by atoms with E-state index in [1.54, 1.807) is 28.9 Å². The van der Waals surface area contributed by atoms with Crippen LogP contribution in [0.2, 0.25) is 5.02 Å². The van der Waals surface area contributed by atoms with Gasteiger partial charge < -0.3 is 5.32 Å². The molecule has 0 radical (unpaired) electrons. The van der Waals surface area contributed by atoms with Crippen LogP contribution in [0.15, 0.2) is 77.3 Å². The smallest absolute Gasteiger partial charge is 0.295 e. The number of amides is 1. The molecule has 0 saturated carbocycles. The van der Waals surface area contributed by atoms with Crippen molar-refractivity contribution in [2.45, 2.75) is 6.92 Å². The van der Waals surface area contributed by atoms with Crippen molar-refractivity contribution in [1.82, 2.24) is 14.8 Å². The lowest BCUT2D eigenvalue weighted by Crippen LogP contribution is -2.14. The molecule has 1 heterocycles. The highest BCUT2D eigenvalue weighted by Gasteiger charge is 2.19. The van der Waals surface area contributed by atoms with Crippen molar-refractivity contribution in [3.8, 4) is 17.1 Å². The van der Waals surface area contributed by atoms with Crippen LogP contribution in [0.3, 0.4) is 0 Å². The molecule has 1 aromatic heterocycles.